The van der Waals surface area contributed by atoms with Gasteiger partial charge in [-0.15, -0.1) is 0 Å². The SMILES string of the molecule is CC1CCN(C(=O)NCCC(CCC(=O)O)C(C)C)C1. The lowest BCUT2D eigenvalue weighted by molar-refractivity contribution is -0.137. The van der Waals surface area contributed by atoms with Gasteiger partial charge in [-0.1, -0.05) is 20.8 Å². The summed E-state index contributed by atoms with van der Waals surface area (Å²) in [6.45, 7) is 8.70. The topological polar surface area (TPSA) is 69.6 Å². The minimum atomic E-state index is -0.745. The second-order valence-electron chi connectivity index (χ2n) is 6.30. The molecule has 1 saturated heterocycles. The highest BCUT2D eigenvalue weighted by molar-refractivity contribution is 5.74. The molecule has 0 bridgehead atoms. The van der Waals surface area contributed by atoms with Crippen LogP contribution in [-0.2, 0) is 4.79 Å². The van der Waals surface area contributed by atoms with Crippen molar-refractivity contribution in [3.05, 3.63) is 0 Å². The fraction of sp³-hybridized carbons (Fsp3) is 0.867. The van der Waals surface area contributed by atoms with Crippen LogP contribution < -0.4 is 5.32 Å². The third kappa shape index (κ3) is 5.80. The van der Waals surface area contributed by atoms with Crippen LogP contribution in [0.2, 0.25) is 0 Å². The molecule has 0 aromatic rings. The molecule has 0 radical (unpaired) electrons. The summed E-state index contributed by atoms with van der Waals surface area (Å²) in [6.07, 6.45) is 2.82. The van der Waals surface area contributed by atoms with Gasteiger partial charge in [0, 0.05) is 26.1 Å². The van der Waals surface area contributed by atoms with Crippen molar-refractivity contribution in [3.8, 4) is 0 Å². The summed E-state index contributed by atoms with van der Waals surface area (Å²) in [4.78, 5) is 24.4. The number of rotatable bonds is 7. The van der Waals surface area contributed by atoms with Crippen molar-refractivity contribution in [2.45, 2.75) is 46.5 Å². The van der Waals surface area contributed by atoms with E-state index in [2.05, 4.69) is 26.1 Å². The lowest BCUT2D eigenvalue weighted by atomic mass is 9.88. The number of hydrogen-bond donors (Lipinski definition) is 2. The third-order valence-electron chi connectivity index (χ3n) is 4.17. The Hall–Kier alpha value is -1.26. The number of hydrogen-bond acceptors (Lipinski definition) is 2. The first-order chi connectivity index (χ1) is 9.40. The first-order valence-corrected chi connectivity index (χ1v) is 7.64. The summed E-state index contributed by atoms with van der Waals surface area (Å²) >= 11 is 0. The Bertz CT molecular complexity index is 331. The second kappa shape index (κ2) is 8.12. The first-order valence-electron chi connectivity index (χ1n) is 7.64. The number of amides is 2. The molecule has 2 atom stereocenters. The van der Waals surface area contributed by atoms with Crippen LogP contribution in [0, 0.1) is 17.8 Å². The molecule has 5 nitrogen and oxygen atoms in total. The Morgan fingerprint density at radius 2 is 2.05 bits per heavy atom. The average molecular weight is 284 g/mol. The Morgan fingerprint density at radius 1 is 1.35 bits per heavy atom. The van der Waals surface area contributed by atoms with E-state index in [4.69, 9.17) is 5.11 Å². The van der Waals surface area contributed by atoms with Crippen LogP contribution in [0.25, 0.3) is 0 Å². The predicted octanol–water partition coefficient (Wildman–Crippen LogP) is 2.56. The number of carboxylic acids is 1. The van der Waals surface area contributed by atoms with Gasteiger partial charge in [0.25, 0.3) is 0 Å². The maximum Gasteiger partial charge on any atom is 0.317 e. The molecule has 1 rings (SSSR count). The Kier molecular flexibility index (Phi) is 6.82. The van der Waals surface area contributed by atoms with Crippen molar-refractivity contribution < 1.29 is 14.7 Å². The summed E-state index contributed by atoms with van der Waals surface area (Å²) in [5.41, 5.74) is 0. The molecule has 1 aliphatic heterocycles. The van der Waals surface area contributed by atoms with Crippen LogP contribution in [0.4, 0.5) is 4.79 Å². The zero-order chi connectivity index (χ0) is 15.1. The van der Waals surface area contributed by atoms with Gasteiger partial charge >= 0.3 is 12.0 Å². The molecule has 0 aromatic carbocycles. The van der Waals surface area contributed by atoms with Crippen molar-refractivity contribution in [1.29, 1.82) is 0 Å². The predicted molar refractivity (Wildman–Crippen MR) is 78.6 cm³/mol. The zero-order valence-corrected chi connectivity index (χ0v) is 12.9. The molecule has 20 heavy (non-hydrogen) atoms. The first kappa shape index (κ1) is 16.8. The fourth-order valence-corrected chi connectivity index (χ4v) is 2.72. The zero-order valence-electron chi connectivity index (χ0n) is 12.9. The van der Waals surface area contributed by atoms with Gasteiger partial charge in [-0.25, -0.2) is 4.79 Å². The summed E-state index contributed by atoms with van der Waals surface area (Å²) < 4.78 is 0. The molecular weight excluding hydrogens is 256 g/mol. The fourth-order valence-electron chi connectivity index (χ4n) is 2.72. The highest BCUT2D eigenvalue weighted by atomic mass is 16.4. The second-order valence-corrected chi connectivity index (χ2v) is 6.30. The van der Waals surface area contributed by atoms with Gasteiger partial charge < -0.3 is 15.3 Å². The lowest BCUT2D eigenvalue weighted by Crippen LogP contribution is -2.39. The largest absolute Gasteiger partial charge is 0.481 e. The molecule has 1 fully saturated rings. The molecule has 2 N–H and O–H groups in total. The van der Waals surface area contributed by atoms with Gasteiger partial charge in [0.2, 0.25) is 0 Å². The number of carbonyl (C=O) groups is 2. The number of carbonyl (C=O) groups excluding carboxylic acids is 1. The van der Waals surface area contributed by atoms with E-state index in [1.165, 1.54) is 0 Å². The van der Waals surface area contributed by atoms with Crippen molar-refractivity contribution in [1.82, 2.24) is 10.2 Å². The molecule has 0 aromatic heterocycles. The minimum absolute atomic E-state index is 0.0232. The van der Waals surface area contributed by atoms with Crippen LogP contribution in [-0.4, -0.2) is 41.6 Å². The summed E-state index contributed by atoms with van der Waals surface area (Å²) in [5, 5.41) is 11.7. The monoisotopic (exact) mass is 284 g/mol. The molecule has 2 amide bonds. The van der Waals surface area contributed by atoms with E-state index in [0.29, 0.717) is 30.7 Å². The smallest absolute Gasteiger partial charge is 0.317 e. The van der Waals surface area contributed by atoms with Gasteiger partial charge in [-0.2, -0.15) is 0 Å². The van der Waals surface area contributed by atoms with Crippen LogP contribution in [0.1, 0.15) is 46.5 Å². The molecule has 1 aliphatic rings. The maximum atomic E-state index is 11.9. The van der Waals surface area contributed by atoms with Crippen molar-refractivity contribution >= 4 is 12.0 Å². The van der Waals surface area contributed by atoms with E-state index < -0.39 is 5.97 Å². The standard InChI is InChI=1S/C15H28N2O3/c1-11(2)13(4-5-14(18)19)6-8-16-15(20)17-9-7-12(3)10-17/h11-13H,4-10H2,1-3H3,(H,16,20)(H,18,19). The van der Waals surface area contributed by atoms with Crippen molar-refractivity contribution in [2.75, 3.05) is 19.6 Å². The van der Waals surface area contributed by atoms with Crippen LogP contribution in [0.5, 0.6) is 0 Å². The average Bonchev–Trinajstić information content (AvgIpc) is 2.79. The number of urea groups is 1. The molecule has 1 heterocycles. The number of nitrogens with zero attached hydrogens (tertiary/aromatic N) is 1. The highest BCUT2D eigenvalue weighted by Gasteiger charge is 2.23. The molecular formula is C15H28N2O3. The van der Waals surface area contributed by atoms with Gasteiger partial charge in [-0.3, -0.25) is 4.79 Å². The Morgan fingerprint density at radius 3 is 2.55 bits per heavy atom. The Labute approximate surface area is 121 Å². The molecule has 0 spiro atoms. The molecule has 0 aliphatic carbocycles. The number of aliphatic carboxylic acids is 1. The van der Waals surface area contributed by atoms with E-state index in [1.807, 2.05) is 4.90 Å². The summed E-state index contributed by atoms with van der Waals surface area (Å²) in [7, 11) is 0. The number of carboxylic acid groups (broad SMARTS) is 1. The summed E-state index contributed by atoms with van der Waals surface area (Å²) in [5.74, 6) is 0.646. The van der Waals surface area contributed by atoms with Crippen molar-refractivity contribution in [2.24, 2.45) is 17.8 Å². The van der Waals surface area contributed by atoms with Gasteiger partial charge in [0.15, 0.2) is 0 Å². The van der Waals surface area contributed by atoms with Crippen LogP contribution in [0.3, 0.4) is 0 Å². The minimum Gasteiger partial charge on any atom is -0.481 e. The molecule has 0 saturated carbocycles. The van der Waals surface area contributed by atoms with Gasteiger partial charge in [0.05, 0.1) is 0 Å². The van der Waals surface area contributed by atoms with Crippen molar-refractivity contribution in [3.63, 3.8) is 0 Å². The number of nitrogens with one attached hydrogen (secondary N) is 1. The van der Waals surface area contributed by atoms with E-state index >= 15 is 0 Å². The number of likely N-dealkylation sites (tertiary alicyclic amines) is 1. The van der Waals surface area contributed by atoms with Gasteiger partial charge in [-0.05, 0) is 37.0 Å². The summed E-state index contributed by atoms with van der Waals surface area (Å²) in [6, 6.07) is 0.0232. The lowest BCUT2D eigenvalue weighted by Gasteiger charge is -2.22. The molecule has 5 heteroatoms. The maximum absolute atomic E-state index is 11.9. The Balaban J connectivity index is 2.25. The highest BCUT2D eigenvalue weighted by Crippen LogP contribution is 2.20. The van der Waals surface area contributed by atoms with Crippen LogP contribution in [0.15, 0.2) is 0 Å². The third-order valence-corrected chi connectivity index (χ3v) is 4.17. The van der Waals surface area contributed by atoms with E-state index in [1.54, 1.807) is 0 Å². The van der Waals surface area contributed by atoms with Gasteiger partial charge in [0.1, 0.15) is 0 Å². The quantitative estimate of drug-likeness (QED) is 0.755. The normalized spacial score (nSPS) is 20.2. The van der Waals surface area contributed by atoms with Crippen LogP contribution >= 0.6 is 0 Å². The molecule has 116 valence electrons. The van der Waals surface area contributed by atoms with E-state index in [-0.39, 0.29) is 12.5 Å². The van der Waals surface area contributed by atoms with E-state index in [0.717, 1.165) is 25.9 Å². The van der Waals surface area contributed by atoms with E-state index in [9.17, 15) is 9.59 Å². The molecule has 2 unspecified atom stereocenters.